The summed E-state index contributed by atoms with van der Waals surface area (Å²) in [5, 5.41) is 20.7. The fourth-order valence-electron chi connectivity index (χ4n) is 2.55. The zero-order valence-corrected chi connectivity index (χ0v) is 12.6. The maximum Gasteiger partial charge on any atom is 0.241 e. The van der Waals surface area contributed by atoms with Crippen LogP contribution in [0.1, 0.15) is 13.3 Å². The first-order chi connectivity index (χ1) is 9.67. The Balaban J connectivity index is 0.00000161. The molecule has 1 saturated heterocycles. The van der Waals surface area contributed by atoms with Crippen LogP contribution < -0.4 is 10.6 Å². The van der Waals surface area contributed by atoms with Crippen LogP contribution in [0, 0.1) is 0 Å². The van der Waals surface area contributed by atoms with E-state index in [-0.39, 0.29) is 24.4 Å². The molecular formula is C14H19ClN4O2. The second-order valence-electron chi connectivity index (χ2n) is 5.07. The van der Waals surface area contributed by atoms with E-state index in [1.54, 1.807) is 0 Å². The minimum atomic E-state index is -0.435. The van der Waals surface area contributed by atoms with E-state index < -0.39 is 6.10 Å². The third kappa shape index (κ3) is 3.18. The number of aromatic nitrogens is 2. The third-order valence-corrected chi connectivity index (χ3v) is 3.64. The van der Waals surface area contributed by atoms with Gasteiger partial charge in [0.15, 0.2) is 0 Å². The summed E-state index contributed by atoms with van der Waals surface area (Å²) in [6.45, 7) is 3.29. The Kier molecular flexibility index (Phi) is 4.82. The van der Waals surface area contributed by atoms with E-state index in [2.05, 4.69) is 15.7 Å². The molecule has 2 aromatic rings. The van der Waals surface area contributed by atoms with E-state index in [4.69, 9.17) is 0 Å². The number of carbonyl (C=O) groups excluding carboxylic acids is 1. The van der Waals surface area contributed by atoms with Gasteiger partial charge in [-0.3, -0.25) is 9.48 Å². The van der Waals surface area contributed by atoms with Crippen LogP contribution in [0.3, 0.4) is 0 Å². The summed E-state index contributed by atoms with van der Waals surface area (Å²) >= 11 is 0. The lowest BCUT2D eigenvalue weighted by Gasteiger charge is -2.11. The van der Waals surface area contributed by atoms with Gasteiger partial charge in [0.25, 0.3) is 0 Å². The number of benzene rings is 1. The topological polar surface area (TPSA) is 79.2 Å². The van der Waals surface area contributed by atoms with E-state index >= 15 is 0 Å². The average Bonchev–Trinajstić information content (AvgIpc) is 3.04. The van der Waals surface area contributed by atoms with Crippen molar-refractivity contribution in [1.82, 2.24) is 15.1 Å². The van der Waals surface area contributed by atoms with Gasteiger partial charge in [-0.15, -0.1) is 12.4 Å². The number of nitrogens with one attached hydrogen (secondary N) is 2. The fourth-order valence-corrected chi connectivity index (χ4v) is 2.55. The standard InChI is InChI=1S/C14H18N4O2.ClH/c1-2-18-13-5-10(4-3-9(13)7-16-18)17-14(20)12-6-11(19)8-15-12;/h3-5,7,11-12,15,19H,2,6,8H2,1H3,(H,17,20);1H. The number of fused-ring (bicyclic) bond motifs is 1. The highest BCUT2D eigenvalue weighted by Crippen LogP contribution is 2.19. The smallest absolute Gasteiger partial charge is 0.241 e. The molecule has 2 atom stereocenters. The number of carbonyl (C=O) groups is 1. The first kappa shape index (κ1) is 15.8. The van der Waals surface area contributed by atoms with E-state index in [9.17, 15) is 9.90 Å². The zero-order valence-electron chi connectivity index (χ0n) is 11.7. The summed E-state index contributed by atoms with van der Waals surface area (Å²) in [6.07, 6.45) is 1.84. The molecule has 0 spiro atoms. The fraction of sp³-hybridized carbons (Fsp3) is 0.429. The quantitative estimate of drug-likeness (QED) is 0.794. The van der Waals surface area contributed by atoms with Crippen molar-refractivity contribution < 1.29 is 9.90 Å². The van der Waals surface area contributed by atoms with Crippen molar-refractivity contribution in [3.63, 3.8) is 0 Å². The third-order valence-electron chi connectivity index (χ3n) is 3.64. The van der Waals surface area contributed by atoms with E-state index in [1.165, 1.54) is 0 Å². The predicted octanol–water partition coefficient (Wildman–Crippen LogP) is 1.14. The minimum Gasteiger partial charge on any atom is -0.392 e. The molecule has 0 bridgehead atoms. The Morgan fingerprint density at radius 3 is 3.05 bits per heavy atom. The number of nitrogens with zero attached hydrogens (tertiary/aromatic N) is 2. The second kappa shape index (κ2) is 6.43. The van der Waals surface area contributed by atoms with Crippen molar-refractivity contribution in [1.29, 1.82) is 0 Å². The predicted molar refractivity (Wildman–Crippen MR) is 83.7 cm³/mol. The Hall–Kier alpha value is -1.63. The van der Waals surface area contributed by atoms with Crippen molar-refractivity contribution in [3.05, 3.63) is 24.4 Å². The molecule has 3 rings (SSSR count). The molecule has 0 aliphatic carbocycles. The highest BCUT2D eigenvalue weighted by Gasteiger charge is 2.27. The molecule has 1 aromatic heterocycles. The molecule has 0 radical (unpaired) electrons. The number of hydrogen-bond donors (Lipinski definition) is 3. The number of aliphatic hydroxyl groups excluding tert-OH is 1. The van der Waals surface area contributed by atoms with Crippen LogP contribution in [0.2, 0.25) is 0 Å². The molecule has 1 aliphatic rings. The molecule has 114 valence electrons. The zero-order chi connectivity index (χ0) is 14.1. The van der Waals surface area contributed by atoms with Crippen LogP contribution in [0.15, 0.2) is 24.4 Å². The van der Waals surface area contributed by atoms with Gasteiger partial charge in [0.05, 0.1) is 23.9 Å². The lowest BCUT2D eigenvalue weighted by Crippen LogP contribution is -2.35. The molecular weight excluding hydrogens is 292 g/mol. The molecule has 1 aliphatic heterocycles. The summed E-state index contributed by atoms with van der Waals surface area (Å²) in [6, 6.07) is 5.42. The number of rotatable bonds is 3. The maximum atomic E-state index is 12.1. The Morgan fingerprint density at radius 2 is 2.38 bits per heavy atom. The van der Waals surface area contributed by atoms with Gasteiger partial charge in [0, 0.05) is 24.2 Å². The highest BCUT2D eigenvalue weighted by molar-refractivity contribution is 5.97. The number of anilines is 1. The molecule has 3 N–H and O–H groups in total. The second-order valence-corrected chi connectivity index (χ2v) is 5.07. The molecule has 7 heteroatoms. The van der Waals surface area contributed by atoms with Gasteiger partial charge < -0.3 is 15.7 Å². The highest BCUT2D eigenvalue weighted by atomic mass is 35.5. The molecule has 1 amide bonds. The molecule has 6 nitrogen and oxygen atoms in total. The minimum absolute atomic E-state index is 0. The van der Waals surface area contributed by atoms with Crippen LogP contribution in [0.25, 0.3) is 10.9 Å². The normalized spacial score (nSPS) is 21.2. The lowest BCUT2D eigenvalue weighted by molar-refractivity contribution is -0.117. The van der Waals surface area contributed by atoms with Gasteiger partial charge >= 0.3 is 0 Å². The van der Waals surface area contributed by atoms with Gasteiger partial charge in [-0.1, -0.05) is 0 Å². The number of amides is 1. The molecule has 0 saturated carbocycles. The average molecular weight is 311 g/mol. The number of β-amino-alcohol motifs (C(OH)–C–C–N with tert-alkyl or cyclic N) is 1. The van der Waals surface area contributed by atoms with E-state index in [1.807, 2.05) is 36.0 Å². The van der Waals surface area contributed by atoms with Crippen molar-refractivity contribution in [3.8, 4) is 0 Å². The Labute approximate surface area is 128 Å². The van der Waals surface area contributed by atoms with Crippen molar-refractivity contribution in [2.75, 3.05) is 11.9 Å². The summed E-state index contributed by atoms with van der Waals surface area (Å²) in [5.41, 5.74) is 1.76. The number of halogens is 1. The number of aliphatic hydroxyl groups is 1. The van der Waals surface area contributed by atoms with Crippen LogP contribution in [-0.4, -0.2) is 39.5 Å². The Bertz CT molecular complexity index is 643. The van der Waals surface area contributed by atoms with Crippen molar-refractivity contribution in [2.24, 2.45) is 0 Å². The number of aryl methyl sites for hydroxylation is 1. The monoisotopic (exact) mass is 310 g/mol. The van der Waals surface area contributed by atoms with Crippen molar-refractivity contribution in [2.45, 2.75) is 32.0 Å². The summed E-state index contributed by atoms with van der Waals surface area (Å²) in [5.74, 6) is -0.108. The van der Waals surface area contributed by atoms with Gasteiger partial charge in [-0.2, -0.15) is 5.10 Å². The first-order valence-corrected chi connectivity index (χ1v) is 6.85. The maximum absolute atomic E-state index is 12.1. The van der Waals surface area contributed by atoms with Crippen LogP contribution in [0.4, 0.5) is 5.69 Å². The molecule has 2 heterocycles. The van der Waals surface area contributed by atoms with Gasteiger partial charge in [0.1, 0.15) is 0 Å². The van der Waals surface area contributed by atoms with Gasteiger partial charge in [-0.05, 0) is 31.5 Å². The van der Waals surface area contributed by atoms with Crippen LogP contribution in [0.5, 0.6) is 0 Å². The van der Waals surface area contributed by atoms with Crippen LogP contribution >= 0.6 is 12.4 Å². The largest absolute Gasteiger partial charge is 0.392 e. The molecule has 1 aromatic carbocycles. The Morgan fingerprint density at radius 1 is 1.57 bits per heavy atom. The summed E-state index contributed by atoms with van der Waals surface area (Å²) in [4.78, 5) is 12.1. The van der Waals surface area contributed by atoms with Gasteiger partial charge in [0.2, 0.25) is 5.91 Å². The number of hydrogen-bond acceptors (Lipinski definition) is 4. The van der Waals surface area contributed by atoms with E-state index in [0.717, 1.165) is 23.1 Å². The molecule has 2 unspecified atom stereocenters. The molecule has 1 fully saturated rings. The molecule has 21 heavy (non-hydrogen) atoms. The summed E-state index contributed by atoms with van der Waals surface area (Å²) < 4.78 is 1.89. The van der Waals surface area contributed by atoms with Crippen molar-refractivity contribution >= 4 is 34.9 Å². The summed E-state index contributed by atoms with van der Waals surface area (Å²) in [7, 11) is 0. The lowest BCUT2D eigenvalue weighted by atomic mass is 10.2. The first-order valence-electron chi connectivity index (χ1n) is 6.85. The SMILES string of the molecule is CCn1ncc2ccc(NC(=O)C3CC(O)CN3)cc21.Cl. The van der Waals surface area contributed by atoms with E-state index in [0.29, 0.717) is 13.0 Å². The van der Waals surface area contributed by atoms with Gasteiger partial charge in [-0.25, -0.2) is 0 Å². The van der Waals surface area contributed by atoms with Crippen LogP contribution in [-0.2, 0) is 11.3 Å².